The third kappa shape index (κ3) is 2.96. The summed E-state index contributed by atoms with van der Waals surface area (Å²) in [6.45, 7) is 6.11. The maximum absolute atomic E-state index is 3.45. The molecular formula is C13H16BrN. The molecule has 2 heteroatoms. The van der Waals surface area contributed by atoms with E-state index in [1.165, 1.54) is 16.8 Å². The van der Waals surface area contributed by atoms with Crippen LogP contribution in [0.3, 0.4) is 0 Å². The van der Waals surface area contributed by atoms with Crippen LogP contribution in [0.15, 0.2) is 41.0 Å². The zero-order valence-corrected chi connectivity index (χ0v) is 10.9. The normalized spacial score (nSPS) is 9.33. The van der Waals surface area contributed by atoms with E-state index in [2.05, 4.69) is 52.1 Å². The summed E-state index contributed by atoms with van der Waals surface area (Å²) in [4.78, 5) is 3.20. The Labute approximate surface area is 99.7 Å². The van der Waals surface area contributed by atoms with Crippen LogP contribution >= 0.6 is 15.9 Å². The van der Waals surface area contributed by atoms with Crippen LogP contribution in [0.4, 0.5) is 0 Å². The van der Waals surface area contributed by atoms with Gasteiger partial charge in [0.2, 0.25) is 0 Å². The molecule has 1 aromatic carbocycles. The summed E-state index contributed by atoms with van der Waals surface area (Å²) in [6, 6.07) is 10.4. The van der Waals surface area contributed by atoms with Gasteiger partial charge in [0.25, 0.3) is 0 Å². The zero-order valence-electron chi connectivity index (χ0n) is 9.34. The maximum Gasteiger partial charge on any atom is 0.0456 e. The Morgan fingerprint density at radius 2 is 1.87 bits per heavy atom. The van der Waals surface area contributed by atoms with Crippen molar-refractivity contribution in [2.45, 2.75) is 20.8 Å². The van der Waals surface area contributed by atoms with Crippen molar-refractivity contribution < 1.29 is 0 Å². The quantitative estimate of drug-likeness (QED) is 0.764. The van der Waals surface area contributed by atoms with E-state index >= 15 is 0 Å². The van der Waals surface area contributed by atoms with Gasteiger partial charge in [0.05, 0.1) is 0 Å². The highest BCUT2D eigenvalue weighted by Gasteiger charge is 2.01. The molecular weight excluding hydrogens is 250 g/mol. The summed E-state index contributed by atoms with van der Waals surface area (Å²) in [5, 5.41) is 0. The number of aromatic amines is 1. The smallest absolute Gasteiger partial charge is 0.0456 e. The average molecular weight is 266 g/mol. The first-order valence-corrected chi connectivity index (χ1v) is 5.96. The molecule has 0 radical (unpaired) electrons. The van der Waals surface area contributed by atoms with Crippen molar-refractivity contribution >= 4 is 15.9 Å². The minimum Gasteiger partial charge on any atom is -0.361 e. The molecule has 2 aromatic rings. The lowest BCUT2D eigenvalue weighted by molar-refractivity contribution is 1.36. The number of H-pyrrole nitrogens is 1. The first-order valence-electron chi connectivity index (χ1n) is 5.17. The van der Waals surface area contributed by atoms with E-state index in [1.54, 1.807) is 0 Å². The van der Waals surface area contributed by atoms with Crippen LogP contribution in [0, 0.1) is 6.92 Å². The molecule has 0 atom stereocenters. The standard InChI is InChI=1S/C11H10BrN.C2H6/c1-8-7-9(12)4-5-10(8)11-3-2-6-13-11;1-2/h2-7,13H,1H3;1-2H3. The number of hydrogen-bond acceptors (Lipinski definition) is 0. The lowest BCUT2D eigenvalue weighted by Gasteiger charge is -2.03. The fourth-order valence-electron chi connectivity index (χ4n) is 1.43. The molecule has 0 bridgehead atoms. The fourth-order valence-corrected chi connectivity index (χ4v) is 1.90. The Balaban J connectivity index is 0.000000531. The van der Waals surface area contributed by atoms with Gasteiger partial charge in [0.1, 0.15) is 0 Å². The molecule has 0 aliphatic rings. The Bertz CT molecular complexity index is 404. The summed E-state index contributed by atoms with van der Waals surface area (Å²) < 4.78 is 1.13. The second kappa shape index (κ2) is 5.76. The molecule has 2 rings (SSSR count). The van der Waals surface area contributed by atoms with Gasteiger partial charge in [-0.05, 0) is 36.8 Å². The molecule has 1 heterocycles. The van der Waals surface area contributed by atoms with E-state index < -0.39 is 0 Å². The van der Waals surface area contributed by atoms with Gasteiger partial charge in [0.15, 0.2) is 0 Å². The van der Waals surface area contributed by atoms with Crippen LogP contribution in [0.5, 0.6) is 0 Å². The number of aryl methyl sites for hydroxylation is 1. The predicted octanol–water partition coefficient (Wildman–Crippen LogP) is 4.78. The van der Waals surface area contributed by atoms with Crippen molar-refractivity contribution in [3.05, 3.63) is 46.6 Å². The Morgan fingerprint density at radius 1 is 1.13 bits per heavy atom. The van der Waals surface area contributed by atoms with Crippen LogP contribution in [0.1, 0.15) is 19.4 Å². The van der Waals surface area contributed by atoms with E-state index in [-0.39, 0.29) is 0 Å². The van der Waals surface area contributed by atoms with E-state index in [0.29, 0.717) is 0 Å². The van der Waals surface area contributed by atoms with Crippen LogP contribution in [0.25, 0.3) is 11.3 Å². The van der Waals surface area contributed by atoms with Crippen molar-refractivity contribution in [1.82, 2.24) is 4.98 Å². The molecule has 0 aliphatic carbocycles. The lowest BCUT2D eigenvalue weighted by Crippen LogP contribution is -1.82. The minimum atomic E-state index is 1.13. The van der Waals surface area contributed by atoms with Crippen molar-refractivity contribution in [2.75, 3.05) is 0 Å². The van der Waals surface area contributed by atoms with Crippen molar-refractivity contribution in [3.63, 3.8) is 0 Å². The van der Waals surface area contributed by atoms with Gasteiger partial charge in [-0.1, -0.05) is 35.8 Å². The molecule has 0 amide bonds. The van der Waals surface area contributed by atoms with Gasteiger partial charge in [0, 0.05) is 21.9 Å². The largest absolute Gasteiger partial charge is 0.361 e. The number of nitrogens with one attached hydrogen (secondary N) is 1. The molecule has 15 heavy (non-hydrogen) atoms. The van der Waals surface area contributed by atoms with Gasteiger partial charge in [-0.25, -0.2) is 0 Å². The van der Waals surface area contributed by atoms with E-state index in [4.69, 9.17) is 0 Å². The van der Waals surface area contributed by atoms with Gasteiger partial charge in [-0.3, -0.25) is 0 Å². The molecule has 0 unspecified atom stereocenters. The number of rotatable bonds is 1. The molecule has 0 saturated heterocycles. The second-order valence-corrected chi connectivity index (χ2v) is 3.96. The summed E-state index contributed by atoms with van der Waals surface area (Å²) >= 11 is 3.45. The monoisotopic (exact) mass is 265 g/mol. The molecule has 0 fully saturated rings. The summed E-state index contributed by atoms with van der Waals surface area (Å²) in [5.74, 6) is 0. The third-order valence-corrected chi connectivity index (χ3v) is 2.57. The van der Waals surface area contributed by atoms with Gasteiger partial charge >= 0.3 is 0 Å². The van der Waals surface area contributed by atoms with Crippen LogP contribution in [-0.2, 0) is 0 Å². The highest BCUT2D eigenvalue weighted by Crippen LogP contribution is 2.24. The van der Waals surface area contributed by atoms with Gasteiger partial charge in [-0.2, -0.15) is 0 Å². The van der Waals surface area contributed by atoms with E-state index in [9.17, 15) is 0 Å². The Morgan fingerprint density at radius 3 is 2.40 bits per heavy atom. The average Bonchev–Trinajstić information content (AvgIpc) is 2.74. The van der Waals surface area contributed by atoms with Crippen LogP contribution in [0.2, 0.25) is 0 Å². The molecule has 1 N–H and O–H groups in total. The highest BCUT2D eigenvalue weighted by atomic mass is 79.9. The third-order valence-electron chi connectivity index (χ3n) is 2.08. The zero-order chi connectivity index (χ0) is 11.3. The first-order chi connectivity index (χ1) is 7.27. The van der Waals surface area contributed by atoms with Gasteiger partial charge < -0.3 is 4.98 Å². The molecule has 0 aliphatic heterocycles. The van der Waals surface area contributed by atoms with E-state index in [0.717, 1.165) is 4.47 Å². The fraction of sp³-hybridized carbons (Fsp3) is 0.231. The number of aromatic nitrogens is 1. The Kier molecular flexibility index (Phi) is 4.63. The summed E-state index contributed by atoms with van der Waals surface area (Å²) in [5.41, 5.74) is 3.70. The highest BCUT2D eigenvalue weighted by molar-refractivity contribution is 9.10. The van der Waals surface area contributed by atoms with Crippen LogP contribution in [-0.4, -0.2) is 4.98 Å². The van der Waals surface area contributed by atoms with Gasteiger partial charge in [-0.15, -0.1) is 0 Å². The molecule has 0 saturated carbocycles. The molecule has 0 spiro atoms. The number of benzene rings is 1. The van der Waals surface area contributed by atoms with Crippen LogP contribution < -0.4 is 0 Å². The van der Waals surface area contributed by atoms with E-state index in [1.807, 2.05) is 26.1 Å². The minimum absolute atomic E-state index is 1.13. The van der Waals surface area contributed by atoms with Crippen molar-refractivity contribution in [1.29, 1.82) is 0 Å². The SMILES string of the molecule is CC.Cc1cc(Br)ccc1-c1ccc[nH]1. The number of hydrogen-bond donors (Lipinski definition) is 1. The topological polar surface area (TPSA) is 15.8 Å². The van der Waals surface area contributed by atoms with Crippen molar-refractivity contribution in [3.8, 4) is 11.3 Å². The Hall–Kier alpha value is -1.02. The molecule has 80 valence electrons. The predicted molar refractivity (Wildman–Crippen MR) is 70.0 cm³/mol. The first kappa shape index (κ1) is 12.1. The molecule has 1 aromatic heterocycles. The molecule has 1 nitrogen and oxygen atoms in total. The second-order valence-electron chi connectivity index (χ2n) is 3.04. The summed E-state index contributed by atoms with van der Waals surface area (Å²) in [6.07, 6.45) is 1.94. The van der Waals surface area contributed by atoms with Crippen molar-refractivity contribution in [2.24, 2.45) is 0 Å². The maximum atomic E-state index is 3.45. The summed E-state index contributed by atoms with van der Waals surface area (Å²) in [7, 11) is 0. The number of halogens is 1. The lowest BCUT2D eigenvalue weighted by atomic mass is 10.1.